The van der Waals surface area contributed by atoms with Crippen molar-refractivity contribution in [2.45, 2.75) is 39.2 Å². The van der Waals surface area contributed by atoms with Crippen molar-refractivity contribution in [3.63, 3.8) is 0 Å². The van der Waals surface area contributed by atoms with Gasteiger partial charge >= 0.3 is 0 Å². The Morgan fingerprint density at radius 1 is 1.27 bits per heavy atom. The molecule has 0 saturated heterocycles. The molecule has 0 radical (unpaired) electrons. The highest BCUT2D eigenvalue weighted by atomic mass is 16.3. The predicted octanol–water partition coefficient (Wildman–Crippen LogP) is 2.68. The van der Waals surface area contributed by atoms with E-state index in [1.807, 2.05) is 44.2 Å². The summed E-state index contributed by atoms with van der Waals surface area (Å²) in [5.74, 6) is -0.0504. The predicted molar refractivity (Wildman–Crippen MR) is 85.0 cm³/mol. The van der Waals surface area contributed by atoms with Crippen LogP contribution in [0, 0.1) is 5.41 Å². The molecule has 116 valence electrons. The normalized spacial score (nSPS) is 19.7. The summed E-state index contributed by atoms with van der Waals surface area (Å²) in [5, 5.41) is 20.9. The molecule has 0 amide bonds. The van der Waals surface area contributed by atoms with E-state index in [1.54, 1.807) is 0 Å². The Labute approximate surface area is 129 Å². The van der Waals surface area contributed by atoms with Crippen LogP contribution in [0.2, 0.25) is 0 Å². The molecular formula is C18H21NO3. The molecule has 0 spiro atoms. The topological polar surface area (TPSA) is 73.3 Å². The number of aliphatic hydroxyl groups excluding tert-OH is 1. The minimum Gasteiger partial charge on any atom is -0.507 e. The fourth-order valence-corrected chi connectivity index (χ4v) is 3.33. The molecule has 1 aliphatic rings. The van der Waals surface area contributed by atoms with E-state index in [-0.39, 0.29) is 16.7 Å². The molecule has 0 saturated carbocycles. The Hall–Kier alpha value is -2.07. The number of fused-ring (bicyclic) bond motifs is 1. The maximum Gasteiger partial charge on any atom is 0.255 e. The summed E-state index contributed by atoms with van der Waals surface area (Å²) in [6.07, 6.45) is 0.828. The Balaban J connectivity index is 2.08. The van der Waals surface area contributed by atoms with Gasteiger partial charge in [-0.05, 0) is 23.8 Å². The van der Waals surface area contributed by atoms with Gasteiger partial charge in [0.05, 0.1) is 11.7 Å². The van der Waals surface area contributed by atoms with E-state index in [1.165, 1.54) is 0 Å². The molecule has 3 rings (SSSR count). The van der Waals surface area contributed by atoms with Crippen molar-refractivity contribution >= 4 is 0 Å². The number of H-pyrrole nitrogens is 1. The molecule has 1 unspecified atom stereocenters. The van der Waals surface area contributed by atoms with E-state index in [9.17, 15) is 15.0 Å². The van der Waals surface area contributed by atoms with Crippen LogP contribution in [0.25, 0.3) is 0 Å². The van der Waals surface area contributed by atoms with E-state index in [2.05, 4.69) is 4.98 Å². The van der Waals surface area contributed by atoms with Crippen LogP contribution in [0.4, 0.5) is 0 Å². The third-order valence-electron chi connectivity index (χ3n) is 4.36. The molecule has 1 heterocycles. The molecule has 1 atom stereocenters. The summed E-state index contributed by atoms with van der Waals surface area (Å²) in [5.41, 5.74) is 2.05. The number of rotatable bonds is 2. The minimum atomic E-state index is -0.745. The van der Waals surface area contributed by atoms with E-state index in [0.717, 1.165) is 5.56 Å². The first kappa shape index (κ1) is 14.9. The first-order valence-corrected chi connectivity index (χ1v) is 7.56. The Morgan fingerprint density at radius 2 is 1.95 bits per heavy atom. The third-order valence-corrected chi connectivity index (χ3v) is 4.36. The van der Waals surface area contributed by atoms with Crippen LogP contribution in [-0.2, 0) is 12.8 Å². The van der Waals surface area contributed by atoms with Gasteiger partial charge in [0.15, 0.2) is 0 Å². The van der Waals surface area contributed by atoms with Crippen molar-refractivity contribution in [2.24, 2.45) is 5.41 Å². The van der Waals surface area contributed by atoms with Crippen LogP contribution in [-0.4, -0.2) is 15.2 Å². The SMILES string of the molecule is CC1(C)Cc2[nH]c(=O)c(Cc3ccccc3)c(O)c2C(O)C1. The van der Waals surface area contributed by atoms with Gasteiger partial charge in [-0.15, -0.1) is 0 Å². The van der Waals surface area contributed by atoms with Crippen molar-refractivity contribution in [3.8, 4) is 5.75 Å². The van der Waals surface area contributed by atoms with Gasteiger partial charge in [-0.3, -0.25) is 4.79 Å². The van der Waals surface area contributed by atoms with Crippen molar-refractivity contribution in [2.75, 3.05) is 0 Å². The highest BCUT2D eigenvalue weighted by molar-refractivity contribution is 5.46. The molecule has 22 heavy (non-hydrogen) atoms. The molecule has 0 aliphatic heterocycles. The summed E-state index contributed by atoms with van der Waals surface area (Å²) < 4.78 is 0. The highest BCUT2D eigenvalue weighted by Gasteiger charge is 2.35. The van der Waals surface area contributed by atoms with Crippen LogP contribution in [0.5, 0.6) is 5.75 Å². The molecule has 0 fully saturated rings. The third kappa shape index (κ3) is 2.66. The van der Waals surface area contributed by atoms with Gasteiger partial charge in [0, 0.05) is 17.7 Å². The van der Waals surface area contributed by atoms with E-state index in [4.69, 9.17) is 0 Å². The van der Waals surface area contributed by atoms with Crippen LogP contribution in [0.1, 0.15) is 48.8 Å². The second kappa shape index (κ2) is 5.29. The van der Waals surface area contributed by atoms with Crippen molar-refractivity contribution < 1.29 is 10.2 Å². The average Bonchev–Trinajstić information content (AvgIpc) is 2.42. The lowest BCUT2D eigenvalue weighted by Gasteiger charge is -2.34. The van der Waals surface area contributed by atoms with Gasteiger partial charge < -0.3 is 15.2 Å². The average molecular weight is 299 g/mol. The smallest absolute Gasteiger partial charge is 0.255 e. The number of benzene rings is 1. The van der Waals surface area contributed by atoms with E-state index in [0.29, 0.717) is 36.1 Å². The molecule has 4 heteroatoms. The highest BCUT2D eigenvalue weighted by Crippen LogP contribution is 2.43. The monoisotopic (exact) mass is 299 g/mol. The van der Waals surface area contributed by atoms with Crippen LogP contribution < -0.4 is 5.56 Å². The van der Waals surface area contributed by atoms with Gasteiger partial charge in [-0.1, -0.05) is 44.2 Å². The summed E-state index contributed by atoms with van der Waals surface area (Å²) in [6.45, 7) is 4.10. The van der Waals surface area contributed by atoms with Gasteiger partial charge in [-0.25, -0.2) is 0 Å². The molecule has 1 aliphatic carbocycles. The van der Waals surface area contributed by atoms with Crippen LogP contribution in [0.15, 0.2) is 35.1 Å². The summed E-state index contributed by atoms with van der Waals surface area (Å²) in [6, 6.07) is 9.54. The van der Waals surface area contributed by atoms with Gasteiger partial charge in [0.25, 0.3) is 5.56 Å². The zero-order chi connectivity index (χ0) is 15.9. The summed E-state index contributed by atoms with van der Waals surface area (Å²) in [7, 11) is 0. The Bertz CT molecular complexity index is 747. The molecule has 4 nitrogen and oxygen atoms in total. The Kier molecular flexibility index (Phi) is 3.57. The number of pyridine rings is 1. The van der Waals surface area contributed by atoms with Crippen LogP contribution in [0.3, 0.4) is 0 Å². The maximum absolute atomic E-state index is 12.3. The molecule has 2 aromatic rings. The lowest BCUT2D eigenvalue weighted by molar-refractivity contribution is 0.0951. The molecule has 0 bridgehead atoms. The number of aromatic hydroxyl groups is 1. The van der Waals surface area contributed by atoms with Crippen molar-refractivity contribution in [1.82, 2.24) is 4.98 Å². The number of aromatic amines is 1. The second-order valence-electron chi connectivity index (χ2n) is 6.90. The number of nitrogens with one attached hydrogen (secondary N) is 1. The largest absolute Gasteiger partial charge is 0.507 e. The van der Waals surface area contributed by atoms with Crippen molar-refractivity contribution in [1.29, 1.82) is 0 Å². The fraction of sp³-hybridized carbons (Fsp3) is 0.389. The molecular weight excluding hydrogens is 278 g/mol. The van der Waals surface area contributed by atoms with Crippen molar-refractivity contribution in [3.05, 3.63) is 63.1 Å². The molecule has 1 aromatic heterocycles. The number of hydrogen-bond acceptors (Lipinski definition) is 3. The maximum atomic E-state index is 12.3. The lowest BCUT2D eigenvalue weighted by Crippen LogP contribution is -2.30. The first-order chi connectivity index (χ1) is 10.4. The zero-order valence-electron chi connectivity index (χ0n) is 12.9. The zero-order valence-corrected chi connectivity index (χ0v) is 12.9. The summed E-state index contributed by atoms with van der Waals surface area (Å²) in [4.78, 5) is 15.2. The Morgan fingerprint density at radius 3 is 2.64 bits per heavy atom. The molecule has 3 N–H and O–H groups in total. The van der Waals surface area contributed by atoms with Crippen LogP contribution >= 0.6 is 0 Å². The number of aromatic nitrogens is 1. The summed E-state index contributed by atoms with van der Waals surface area (Å²) >= 11 is 0. The van der Waals surface area contributed by atoms with Gasteiger partial charge in [-0.2, -0.15) is 0 Å². The lowest BCUT2D eigenvalue weighted by atomic mass is 9.74. The number of aliphatic hydroxyl groups is 1. The van der Waals surface area contributed by atoms with E-state index >= 15 is 0 Å². The standard InChI is InChI=1S/C18H21NO3/c1-18(2)9-13-15(14(20)10-18)16(21)12(17(22)19-13)8-11-6-4-3-5-7-11/h3-7,14,20H,8-10H2,1-2H3,(H2,19,21,22). The van der Waals surface area contributed by atoms with Gasteiger partial charge in [0.2, 0.25) is 0 Å². The number of hydrogen-bond donors (Lipinski definition) is 3. The minimum absolute atomic E-state index is 0.0504. The van der Waals surface area contributed by atoms with Gasteiger partial charge in [0.1, 0.15) is 5.75 Å². The second-order valence-corrected chi connectivity index (χ2v) is 6.90. The first-order valence-electron chi connectivity index (χ1n) is 7.56. The molecule has 1 aromatic carbocycles. The fourth-order valence-electron chi connectivity index (χ4n) is 3.33. The van der Waals surface area contributed by atoms with E-state index < -0.39 is 6.10 Å². The quantitative estimate of drug-likeness (QED) is 0.798.